The Balaban J connectivity index is 1.78. The molecule has 30 heavy (non-hydrogen) atoms. The Labute approximate surface area is 182 Å². The molecule has 0 radical (unpaired) electrons. The van der Waals surface area contributed by atoms with E-state index in [0.717, 1.165) is 11.3 Å². The van der Waals surface area contributed by atoms with Crippen LogP contribution in [0.4, 0.5) is 8.78 Å². The largest absolute Gasteiger partial charge is 0.495 e. The highest BCUT2D eigenvalue weighted by Gasteiger charge is 2.28. The SMILES string of the molecule is COc1cc(S(=O)(=O)NCCc2c(C)[nH]c3ccc(OC(F)(F)Cl)cc23)ccc1Cl. The number of ether oxygens (including phenoxy) is 2. The van der Waals surface area contributed by atoms with Gasteiger partial charge in [0, 0.05) is 40.8 Å². The van der Waals surface area contributed by atoms with Crippen LogP contribution < -0.4 is 14.2 Å². The van der Waals surface area contributed by atoms with E-state index in [2.05, 4.69) is 14.4 Å². The molecular weight excluding hydrogens is 461 g/mol. The van der Waals surface area contributed by atoms with Crippen LogP contribution in [-0.4, -0.2) is 32.6 Å². The molecule has 0 fully saturated rings. The second-order valence-corrected chi connectivity index (χ2v) is 9.04. The zero-order valence-electron chi connectivity index (χ0n) is 15.9. The summed E-state index contributed by atoms with van der Waals surface area (Å²) in [5.41, 5.74) is -1.57. The van der Waals surface area contributed by atoms with Gasteiger partial charge in [0.2, 0.25) is 10.0 Å². The van der Waals surface area contributed by atoms with Gasteiger partial charge in [0.15, 0.2) is 0 Å². The zero-order chi connectivity index (χ0) is 22.1. The summed E-state index contributed by atoms with van der Waals surface area (Å²) in [5.74, 6) is 0.146. The first kappa shape index (κ1) is 22.6. The number of nitrogens with one attached hydrogen (secondary N) is 2. The van der Waals surface area contributed by atoms with Crippen LogP contribution in [-0.2, 0) is 16.4 Å². The van der Waals surface area contributed by atoms with Gasteiger partial charge in [-0.25, -0.2) is 13.1 Å². The third-order valence-electron chi connectivity index (χ3n) is 4.42. The van der Waals surface area contributed by atoms with Crippen molar-refractivity contribution in [3.63, 3.8) is 0 Å². The molecular formula is C19H18Cl2F2N2O4S. The fourth-order valence-electron chi connectivity index (χ4n) is 3.08. The summed E-state index contributed by atoms with van der Waals surface area (Å²) in [6.07, 6.45) is 0.316. The van der Waals surface area contributed by atoms with Crippen LogP contribution >= 0.6 is 23.2 Å². The second kappa shape index (κ2) is 8.58. The van der Waals surface area contributed by atoms with Gasteiger partial charge < -0.3 is 14.5 Å². The lowest BCUT2D eigenvalue weighted by molar-refractivity contribution is -0.0964. The highest BCUT2D eigenvalue weighted by molar-refractivity contribution is 7.89. The molecule has 0 aliphatic heterocycles. The minimum absolute atomic E-state index is 0.0134. The third-order valence-corrected chi connectivity index (χ3v) is 6.27. The van der Waals surface area contributed by atoms with Crippen molar-refractivity contribution in [1.29, 1.82) is 0 Å². The number of fused-ring (bicyclic) bond motifs is 1. The van der Waals surface area contributed by atoms with E-state index in [1.165, 1.54) is 37.4 Å². The van der Waals surface area contributed by atoms with E-state index in [1.807, 2.05) is 6.92 Å². The first-order valence-electron chi connectivity index (χ1n) is 8.70. The number of aromatic nitrogens is 1. The molecule has 1 heterocycles. The lowest BCUT2D eigenvalue weighted by Crippen LogP contribution is -2.26. The quantitative estimate of drug-likeness (QED) is 0.454. The number of H-pyrrole nitrogens is 1. The Morgan fingerprint density at radius 3 is 2.60 bits per heavy atom. The van der Waals surface area contributed by atoms with Crippen molar-refractivity contribution in [1.82, 2.24) is 9.71 Å². The molecule has 3 rings (SSSR count). The molecule has 2 N–H and O–H groups in total. The minimum Gasteiger partial charge on any atom is -0.495 e. The predicted octanol–water partition coefficient (Wildman–Crippen LogP) is 4.83. The Morgan fingerprint density at radius 2 is 1.93 bits per heavy atom. The topological polar surface area (TPSA) is 80.4 Å². The van der Waals surface area contributed by atoms with Gasteiger partial charge >= 0.3 is 5.57 Å². The maximum absolute atomic E-state index is 12.9. The van der Waals surface area contributed by atoms with Crippen LogP contribution in [0.3, 0.4) is 0 Å². The number of sulfonamides is 1. The molecule has 0 bridgehead atoms. The maximum Gasteiger partial charge on any atom is 0.487 e. The van der Waals surface area contributed by atoms with Gasteiger partial charge in [-0.3, -0.25) is 0 Å². The molecule has 0 saturated heterocycles. The maximum atomic E-state index is 12.9. The molecule has 11 heteroatoms. The van der Waals surface area contributed by atoms with Crippen LogP contribution in [0.1, 0.15) is 11.3 Å². The van der Waals surface area contributed by atoms with Crippen molar-refractivity contribution in [3.05, 3.63) is 52.7 Å². The Kier molecular flexibility index (Phi) is 6.47. The van der Waals surface area contributed by atoms with Crippen molar-refractivity contribution in [3.8, 4) is 11.5 Å². The molecule has 162 valence electrons. The van der Waals surface area contributed by atoms with E-state index in [0.29, 0.717) is 22.3 Å². The molecule has 0 spiro atoms. The van der Waals surface area contributed by atoms with Gasteiger partial charge in [0.1, 0.15) is 11.5 Å². The Bertz CT molecular complexity index is 1180. The summed E-state index contributed by atoms with van der Waals surface area (Å²) >= 11 is 10.8. The lowest BCUT2D eigenvalue weighted by atomic mass is 10.1. The molecule has 6 nitrogen and oxygen atoms in total. The monoisotopic (exact) mass is 478 g/mol. The third kappa shape index (κ3) is 5.15. The fraction of sp³-hybridized carbons (Fsp3) is 0.263. The second-order valence-electron chi connectivity index (χ2n) is 6.43. The van der Waals surface area contributed by atoms with Crippen molar-refractivity contribution < 1.29 is 26.7 Å². The van der Waals surface area contributed by atoms with Crippen LogP contribution in [0.15, 0.2) is 41.3 Å². The van der Waals surface area contributed by atoms with E-state index in [1.54, 1.807) is 6.07 Å². The normalized spacial score (nSPS) is 12.3. The first-order valence-corrected chi connectivity index (χ1v) is 10.9. The molecule has 0 aliphatic carbocycles. The van der Waals surface area contributed by atoms with Crippen LogP contribution in [0.2, 0.25) is 5.02 Å². The Hall–Kier alpha value is -2.07. The summed E-state index contributed by atoms with van der Waals surface area (Å²) in [6.45, 7) is 1.89. The van der Waals surface area contributed by atoms with Crippen molar-refractivity contribution >= 4 is 44.1 Å². The number of benzene rings is 2. The standard InChI is InChI=1S/C19H18Cl2F2N2O4S/c1-11-14(15-9-12(29-19(21,22)23)3-6-17(15)25-11)7-8-24-30(26,27)13-4-5-16(20)18(10-13)28-2/h3-6,9-10,24-25H,7-8H2,1-2H3. The van der Waals surface area contributed by atoms with Gasteiger partial charge in [0.05, 0.1) is 17.0 Å². The number of rotatable bonds is 8. The smallest absolute Gasteiger partial charge is 0.487 e. The number of hydrogen-bond acceptors (Lipinski definition) is 4. The number of halogens is 4. The summed E-state index contributed by atoms with van der Waals surface area (Å²) in [7, 11) is -2.41. The predicted molar refractivity (Wildman–Crippen MR) is 111 cm³/mol. The highest BCUT2D eigenvalue weighted by Crippen LogP contribution is 2.31. The first-order chi connectivity index (χ1) is 14.0. The van der Waals surface area contributed by atoms with E-state index in [-0.39, 0.29) is 22.9 Å². The van der Waals surface area contributed by atoms with Crippen LogP contribution in [0, 0.1) is 6.92 Å². The highest BCUT2D eigenvalue weighted by atomic mass is 35.5. The van der Waals surface area contributed by atoms with Gasteiger partial charge in [-0.1, -0.05) is 11.6 Å². The number of aromatic amines is 1. The zero-order valence-corrected chi connectivity index (χ0v) is 18.3. The average Bonchev–Trinajstić information content (AvgIpc) is 2.95. The lowest BCUT2D eigenvalue weighted by Gasteiger charge is -2.11. The van der Waals surface area contributed by atoms with E-state index < -0.39 is 15.6 Å². The summed E-state index contributed by atoms with van der Waals surface area (Å²) < 4.78 is 63.0. The number of methoxy groups -OCH3 is 1. The average molecular weight is 479 g/mol. The number of alkyl halides is 3. The van der Waals surface area contributed by atoms with Crippen molar-refractivity contribution in [2.75, 3.05) is 13.7 Å². The Morgan fingerprint density at radius 1 is 1.20 bits per heavy atom. The van der Waals surface area contributed by atoms with Gasteiger partial charge in [-0.2, -0.15) is 0 Å². The van der Waals surface area contributed by atoms with E-state index in [9.17, 15) is 17.2 Å². The number of hydrogen-bond donors (Lipinski definition) is 2. The fourth-order valence-corrected chi connectivity index (χ4v) is 4.41. The molecule has 0 saturated carbocycles. The van der Waals surface area contributed by atoms with Crippen LogP contribution in [0.25, 0.3) is 10.9 Å². The van der Waals surface area contributed by atoms with Gasteiger partial charge in [0.25, 0.3) is 0 Å². The summed E-state index contributed by atoms with van der Waals surface area (Å²) in [6, 6.07) is 8.54. The summed E-state index contributed by atoms with van der Waals surface area (Å²) in [4.78, 5) is 3.15. The molecule has 0 atom stereocenters. The van der Waals surface area contributed by atoms with Gasteiger partial charge in [-0.05, 0) is 49.2 Å². The van der Waals surface area contributed by atoms with Crippen molar-refractivity contribution in [2.45, 2.75) is 23.8 Å². The molecule has 1 aromatic heterocycles. The van der Waals surface area contributed by atoms with Crippen LogP contribution in [0.5, 0.6) is 11.5 Å². The molecule has 3 aromatic rings. The molecule has 0 amide bonds. The number of aryl methyl sites for hydroxylation is 1. The minimum atomic E-state index is -3.82. The molecule has 0 unspecified atom stereocenters. The molecule has 0 aliphatic rings. The summed E-state index contributed by atoms with van der Waals surface area (Å²) in [5, 5.41) is 0.935. The molecule has 2 aromatic carbocycles. The van der Waals surface area contributed by atoms with Crippen molar-refractivity contribution in [2.24, 2.45) is 0 Å². The van der Waals surface area contributed by atoms with E-state index in [4.69, 9.17) is 27.9 Å². The van der Waals surface area contributed by atoms with Gasteiger partial charge in [-0.15, -0.1) is 8.78 Å². The van der Waals surface area contributed by atoms with E-state index >= 15 is 0 Å².